The fraction of sp³-hybridized carbons (Fsp3) is 0.486. The van der Waals surface area contributed by atoms with Gasteiger partial charge >= 0.3 is 6.01 Å². The van der Waals surface area contributed by atoms with Crippen LogP contribution in [0.5, 0.6) is 17.6 Å². The normalized spacial score (nSPS) is 28.2. The minimum atomic E-state index is -0.631. The number of rotatable bonds is 6. The van der Waals surface area contributed by atoms with Crippen LogP contribution in [0.1, 0.15) is 31.2 Å². The maximum absolute atomic E-state index is 17.1. The minimum Gasteiger partial charge on any atom is -0.508 e. The number of halogens is 1. The number of pyridine rings is 1. The van der Waals surface area contributed by atoms with E-state index >= 15 is 4.39 Å². The molecule has 6 aliphatic rings. The van der Waals surface area contributed by atoms with Gasteiger partial charge in [0.15, 0.2) is 5.82 Å². The Bertz CT molecular complexity index is 2020. The number of terminal acetylenes is 1. The van der Waals surface area contributed by atoms with Gasteiger partial charge in [0.05, 0.1) is 25.9 Å². The molecule has 4 aromatic rings. The lowest BCUT2D eigenvalue weighted by Crippen LogP contribution is -2.60. The third-order valence-electron chi connectivity index (χ3n) is 11.6. The van der Waals surface area contributed by atoms with Crippen molar-refractivity contribution in [3.63, 3.8) is 0 Å². The van der Waals surface area contributed by atoms with Crippen molar-refractivity contribution in [2.24, 2.45) is 17.3 Å². The van der Waals surface area contributed by atoms with Crippen LogP contribution in [-0.4, -0.2) is 95.7 Å². The Morgan fingerprint density at radius 2 is 1.92 bits per heavy atom. The van der Waals surface area contributed by atoms with E-state index < -0.39 is 5.82 Å². The summed E-state index contributed by atoms with van der Waals surface area (Å²) in [4.78, 5) is 19.4. The van der Waals surface area contributed by atoms with Crippen LogP contribution < -0.4 is 19.7 Å². The van der Waals surface area contributed by atoms with Crippen molar-refractivity contribution in [3.8, 4) is 41.2 Å². The van der Waals surface area contributed by atoms with Crippen LogP contribution >= 0.6 is 0 Å². The van der Waals surface area contributed by atoms with Crippen molar-refractivity contribution in [2.45, 2.75) is 43.8 Å². The third kappa shape index (κ3) is 4.53. The third-order valence-corrected chi connectivity index (χ3v) is 11.6. The van der Waals surface area contributed by atoms with Gasteiger partial charge in [-0.3, -0.25) is 0 Å². The average molecular weight is 649 g/mol. The summed E-state index contributed by atoms with van der Waals surface area (Å²) in [6.07, 6.45) is 10.2. The largest absolute Gasteiger partial charge is 0.508 e. The van der Waals surface area contributed by atoms with Gasteiger partial charge in [0.25, 0.3) is 0 Å². The molecule has 2 aromatic carbocycles. The molecule has 2 bridgehead atoms. The molecule has 5 aliphatic heterocycles. The number of likely N-dealkylation sites (tertiary alicyclic amines) is 1. The maximum atomic E-state index is 17.1. The molecule has 1 aliphatic carbocycles. The number of aromatic hydroxyl groups is 1. The van der Waals surface area contributed by atoms with E-state index in [1.54, 1.807) is 12.1 Å². The predicted octanol–water partition coefficient (Wildman–Crippen LogP) is 4.11. The van der Waals surface area contributed by atoms with Crippen molar-refractivity contribution in [1.29, 1.82) is 0 Å². The highest BCUT2D eigenvalue weighted by Gasteiger charge is 2.48. The first-order chi connectivity index (χ1) is 23.4. The molecule has 0 amide bonds. The van der Waals surface area contributed by atoms with Crippen molar-refractivity contribution in [3.05, 3.63) is 41.7 Å². The van der Waals surface area contributed by atoms with Gasteiger partial charge in [-0.2, -0.15) is 9.97 Å². The fourth-order valence-electron chi connectivity index (χ4n) is 9.01. The number of phenols is 1. The Morgan fingerprint density at radius 3 is 2.73 bits per heavy atom. The highest BCUT2D eigenvalue weighted by atomic mass is 19.1. The van der Waals surface area contributed by atoms with Crippen LogP contribution in [0, 0.1) is 35.4 Å². The van der Waals surface area contributed by atoms with Crippen molar-refractivity contribution in [2.75, 3.05) is 57.5 Å². The van der Waals surface area contributed by atoms with E-state index in [-0.39, 0.29) is 46.3 Å². The number of hydrogen-bond donors (Lipinski definition) is 2. The smallest absolute Gasteiger partial charge is 0.319 e. The minimum absolute atomic E-state index is 0.00146. The number of hydrogen-bond acceptors (Lipinski definition) is 10. The highest BCUT2D eigenvalue weighted by Crippen LogP contribution is 2.49. The lowest BCUT2D eigenvalue weighted by Gasteiger charge is -2.40. The molecule has 2 N–H and O–H groups in total. The lowest BCUT2D eigenvalue weighted by atomic mass is 9.96. The first kappa shape index (κ1) is 28.7. The van der Waals surface area contributed by atoms with Gasteiger partial charge in [0.2, 0.25) is 5.88 Å². The number of aromatic nitrogens is 3. The standard InChI is InChI=1S/C37H37FN6O4/c1-2-20-4-3-5-21-10-25(45)11-26(29(20)21)32-31(38)33-30-34(44-14-24-6-7-27(39-24)28(44)17-47-35(30)40-32)42-36(41-33)48-19-37(8-9-37)18-43-12-22-15-46-16-23(22)13-43/h1,3-5,10-11,22-24,27-28,39,45H,6-9,12-19H2/t22?,23?,24-,27+,28-/m1/s1. The molecule has 2 aromatic heterocycles. The van der Waals surface area contributed by atoms with Crippen LogP contribution in [0.2, 0.25) is 0 Å². The second-order valence-electron chi connectivity index (χ2n) is 14.8. The van der Waals surface area contributed by atoms with E-state index in [4.69, 9.17) is 35.6 Å². The zero-order chi connectivity index (χ0) is 32.1. The molecular weight excluding hydrogens is 611 g/mol. The summed E-state index contributed by atoms with van der Waals surface area (Å²) >= 11 is 0. The lowest BCUT2D eigenvalue weighted by molar-refractivity contribution is 0.131. The Kier molecular flexibility index (Phi) is 6.36. The number of benzene rings is 2. The van der Waals surface area contributed by atoms with E-state index in [0.717, 1.165) is 65.1 Å². The van der Waals surface area contributed by atoms with Gasteiger partial charge < -0.3 is 34.4 Å². The highest BCUT2D eigenvalue weighted by molar-refractivity contribution is 6.04. The monoisotopic (exact) mass is 648 g/mol. The van der Waals surface area contributed by atoms with Crippen LogP contribution in [0.25, 0.3) is 32.9 Å². The average Bonchev–Trinajstić information content (AvgIpc) is 3.35. The molecule has 4 saturated heterocycles. The summed E-state index contributed by atoms with van der Waals surface area (Å²) < 4.78 is 35.7. The second kappa shape index (κ2) is 10.6. The molecule has 1 saturated carbocycles. The molecule has 5 atom stereocenters. The van der Waals surface area contributed by atoms with Crippen LogP contribution in [0.15, 0.2) is 30.3 Å². The van der Waals surface area contributed by atoms with Gasteiger partial charge in [-0.25, -0.2) is 9.37 Å². The van der Waals surface area contributed by atoms with Crippen LogP contribution in [-0.2, 0) is 4.74 Å². The molecule has 7 heterocycles. The second-order valence-corrected chi connectivity index (χ2v) is 14.8. The number of ether oxygens (including phenoxy) is 3. The molecular formula is C37H37FN6O4. The van der Waals surface area contributed by atoms with Crippen molar-refractivity contribution in [1.82, 2.24) is 25.2 Å². The number of nitrogens with zero attached hydrogens (tertiary/aromatic N) is 5. The van der Waals surface area contributed by atoms with E-state index in [0.29, 0.717) is 64.2 Å². The maximum Gasteiger partial charge on any atom is 0.319 e. The van der Waals surface area contributed by atoms with Crippen LogP contribution in [0.3, 0.4) is 0 Å². The van der Waals surface area contributed by atoms with Gasteiger partial charge in [-0.1, -0.05) is 18.1 Å². The zero-order valence-electron chi connectivity index (χ0n) is 26.6. The summed E-state index contributed by atoms with van der Waals surface area (Å²) in [5.41, 5.74) is 1.10. The number of anilines is 1. The summed E-state index contributed by atoms with van der Waals surface area (Å²) in [6.45, 7) is 6.43. The molecule has 10 nitrogen and oxygen atoms in total. The Hall–Kier alpha value is -4.24. The summed E-state index contributed by atoms with van der Waals surface area (Å²) in [7, 11) is 0. The van der Waals surface area contributed by atoms with Gasteiger partial charge in [-0.15, -0.1) is 6.42 Å². The van der Waals surface area contributed by atoms with E-state index in [1.807, 2.05) is 12.1 Å². The number of nitrogens with one attached hydrogen (secondary N) is 1. The molecule has 48 heavy (non-hydrogen) atoms. The molecule has 11 heteroatoms. The molecule has 0 radical (unpaired) electrons. The zero-order valence-corrected chi connectivity index (χ0v) is 26.6. The quantitative estimate of drug-likeness (QED) is 0.297. The Morgan fingerprint density at radius 1 is 1.06 bits per heavy atom. The van der Waals surface area contributed by atoms with Crippen molar-refractivity contribution < 1.29 is 23.7 Å². The first-order valence-electron chi connectivity index (χ1n) is 17.2. The van der Waals surface area contributed by atoms with E-state index in [9.17, 15) is 5.11 Å². The summed E-state index contributed by atoms with van der Waals surface area (Å²) in [6, 6.07) is 9.29. The molecule has 2 unspecified atom stereocenters. The number of piperazine rings is 1. The topological polar surface area (TPSA) is 105 Å². The Labute approximate surface area is 277 Å². The SMILES string of the molecule is C#Cc1cccc2cc(O)cc(-c3nc4c5c(nc(OCC6(CN7CC8COCC8C7)CC6)nc5c3F)N3C[C@H]5CC[C@H](N5)[C@H]3CO4)c12. The van der Waals surface area contributed by atoms with Gasteiger partial charge in [0, 0.05) is 72.0 Å². The molecule has 0 spiro atoms. The predicted molar refractivity (Wildman–Crippen MR) is 178 cm³/mol. The molecule has 246 valence electrons. The number of phenolic OH excluding ortho intramolecular Hbond substituents is 1. The van der Waals surface area contributed by atoms with Crippen LogP contribution in [0.4, 0.5) is 10.2 Å². The van der Waals surface area contributed by atoms with Gasteiger partial charge in [-0.05, 0) is 49.3 Å². The Balaban J connectivity index is 1.08. The van der Waals surface area contributed by atoms with E-state index in [2.05, 4.69) is 21.0 Å². The molecule has 10 rings (SSSR count). The summed E-state index contributed by atoms with van der Waals surface area (Å²) in [5, 5.41) is 16.2. The van der Waals surface area contributed by atoms with Gasteiger partial charge in [0.1, 0.15) is 34.8 Å². The van der Waals surface area contributed by atoms with E-state index in [1.165, 1.54) is 6.07 Å². The first-order valence-corrected chi connectivity index (χ1v) is 17.2. The van der Waals surface area contributed by atoms with Crippen molar-refractivity contribution >= 4 is 27.5 Å². The fourth-order valence-corrected chi connectivity index (χ4v) is 9.01. The number of fused-ring (bicyclic) bond motifs is 7. The summed E-state index contributed by atoms with van der Waals surface area (Å²) in [5.74, 6) is 4.20. The molecule has 5 fully saturated rings.